The van der Waals surface area contributed by atoms with E-state index in [1.54, 1.807) is 60.7 Å². The number of nitrogens with zero attached hydrogens (tertiary/aromatic N) is 3. The van der Waals surface area contributed by atoms with Crippen LogP contribution in [0.3, 0.4) is 0 Å². The average Bonchev–Trinajstić information content (AvgIpc) is 1.61. The van der Waals surface area contributed by atoms with Crippen molar-refractivity contribution in [3.8, 4) is 5.75 Å². The number of aromatic amines is 1. The first-order valence-electron chi connectivity index (χ1n) is 45.8. The summed E-state index contributed by atoms with van der Waals surface area (Å²) in [5, 5.41) is 62.9. The predicted octanol–water partition coefficient (Wildman–Crippen LogP) is -5.56. The van der Waals surface area contributed by atoms with E-state index in [-0.39, 0.29) is 68.9 Å². The Morgan fingerprint density at radius 1 is 0.647 bits per heavy atom. The van der Waals surface area contributed by atoms with Crippen LogP contribution >= 0.6 is 35.3 Å². The molecule has 0 radical (unpaired) electrons. The van der Waals surface area contributed by atoms with Gasteiger partial charge in [-0.3, -0.25) is 71.5 Å². The van der Waals surface area contributed by atoms with Crippen LogP contribution in [-0.2, 0) is 147 Å². The van der Waals surface area contributed by atoms with Crippen molar-refractivity contribution in [2.75, 3.05) is 267 Å². The molecular weight excluding hydrogens is 1910 g/mol. The first-order chi connectivity index (χ1) is 67.1. The topological polar surface area (TPSA) is 651 Å². The van der Waals surface area contributed by atoms with Gasteiger partial charge >= 0.3 is 6.09 Å². The zero-order valence-corrected chi connectivity index (χ0v) is 82.8. The van der Waals surface area contributed by atoms with E-state index in [9.17, 15) is 77.6 Å². The van der Waals surface area contributed by atoms with E-state index in [2.05, 4.69) is 74.3 Å². The summed E-state index contributed by atoms with van der Waals surface area (Å²) in [4.78, 5) is 198. The van der Waals surface area contributed by atoms with Crippen LogP contribution in [0.4, 0.5) is 4.79 Å². The van der Waals surface area contributed by atoms with Gasteiger partial charge in [-0.05, 0) is 42.5 Å². The van der Waals surface area contributed by atoms with E-state index in [0.717, 1.165) is 10.6 Å². The minimum atomic E-state index is -2.42. The smallest absolute Gasteiger partial charge is 0.407 e. The van der Waals surface area contributed by atoms with Crippen LogP contribution in [0.1, 0.15) is 64.0 Å². The molecule has 49 nitrogen and oxygen atoms in total. The fraction of sp³-hybridized carbons (Fsp3) is 0.709. The lowest BCUT2D eigenvalue weighted by Gasteiger charge is -2.32. The SMILES string of the molecule is CC[C@H](C)[C@@H]1CC(=O)CNC(=O)[C@H]2CC(=O)[C@H]([C@@H](C)[C@@H](O)CO)NC(=O)[C@@H]3C[C@@H](O)CN3C(=O)[C@H](CC(N)=O)NC(=O)C(CS(=O)c3[nH]c4c(CSCCOCCOCCOCCOCCOCCOCCOCCOCCOCCOCCOCCN5C=C(COC(=O)NCCNC(=O)CNC(=O)CNC(=O)CNC(=O)CON=C(CSC)CSC)NN5)c(OC)ccc4c3C2)NC(=O)CNC1=O. The third kappa shape index (κ3) is 46.1. The number of amides is 12. The van der Waals surface area contributed by atoms with E-state index < -0.39 is 224 Å². The molecule has 1 saturated heterocycles. The molecule has 1 aromatic carbocycles. The van der Waals surface area contributed by atoms with Crippen LogP contribution in [0.2, 0.25) is 0 Å². The number of aliphatic hydroxyl groups excluding tert-OH is 3. The van der Waals surface area contributed by atoms with E-state index >= 15 is 9.00 Å². The largest absolute Gasteiger partial charge is 0.496 e. The van der Waals surface area contributed by atoms with Crippen LogP contribution in [0.25, 0.3) is 10.9 Å². The first kappa shape index (κ1) is 118. The van der Waals surface area contributed by atoms with Crippen molar-refractivity contribution in [2.24, 2.45) is 34.6 Å². The molecule has 0 spiro atoms. The van der Waals surface area contributed by atoms with Gasteiger partial charge in [0.1, 0.15) is 35.5 Å². The number of nitrogens with two attached hydrogens (primary N) is 1. The van der Waals surface area contributed by atoms with Gasteiger partial charge in [-0.1, -0.05) is 32.3 Å². The molecule has 139 heavy (non-hydrogen) atoms. The summed E-state index contributed by atoms with van der Waals surface area (Å²) in [7, 11) is -0.978. The predicted molar refractivity (Wildman–Crippen MR) is 507 cm³/mol. The Balaban J connectivity index is 0.787. The van der Waals surface area contributed by atoms with Gasteiger partial charge in [-0.15, -0.1) is 5.53 Å². The molecule has 0 aliphatic carbocycles. The van der Waals surface area contributed by atoms with Crippen LogP contribution in [0, 0.1) is 23.7 Å². The van der Waals surface area contributed by atoms with Crippen LogP contribution in [0.15, 0.2) is 34.2 Å². The summed E-state index contributed by atoms with van der Waals surface area (Å²) >= 11 is 4.59. The number of ether oxygens (including phenoxy) is 13. The monoisotopic (exact) mass is 2050 g/mol. The number of hydrogen-bond acceptors (Lipinski definition) is 39. The number of oxime groups is 1. The minimum Gasteiger partial charge on any atom is -0.496 e. The summed E-state index contributed by atoms with van der Waals surface area (Å²) in [6, 6.07) is -3.70. The standard InChI is InChI=1S/C86H139N17O32S4/c1-7-55(2)63-38-60(105)41-93-80(115)57-36-64-62-8-9-71(122-4)65(79(62)98-84(64)139(121)54-67(95-76(113)45-94-81(63)116)82(117)96-66(40-72(87)109)85(119)103-47-61(106)39-68(103)83(118)97-78(69(107)37-57)56(3)70(108)48-104)53-138-35-34-133-33-32-132-31-30-131-29-28-130-27-26-129-25-24-128-23-22-127-21-20-126-19-18-125-17-16-124-15-14-123-13-12-102-46-58(99-101-102)49-134-86(120)89-11-10-88-73(110)42-90-74(111)43-91-75(112)44-92-77(114)50-135-100-59(51-136-5)52-137-6/h8-9,46,55-57,61,63,66-68,70,78,98-99,101,104,106,108H,7,10-45,47-54H2,1-6H3,(H2,87,109)(H,88,110)(H,89,120)(H,90,111)(H,91,112)(H,92,114)(H,93,115)(H,94,116)(H,95,113)(H,96,117)(H,97,118)/t55-,56-,57+,61+,63-,66-,67?,68-,70-,78-,139?/m0/s1. The summed E-state index contributed by atoms with van der Waals surface area (Å²) in [6.07, 6.45) is -0.586. The number of rotatable bonds is 64. The second-order valence-corrected chi connectivity index (χ2v) is 36.3. The molecule has 2 aromatic rings. The van der Waals surface area contributed by atoms with E-state index in [1.165, 1.54) is 25.8 Å². The number of aromatic nitrogens is 1. The number of primary amides is 1. The van der Waals surface area contributed by atoms with Crippen molar-refractivity contribution in [3.05, 3.63) is 35.2 Å². The highest BCUT2D eigenvalue weighted by molar-refractivity contribution is 8.00. The summed E-state index contributed by atoms with van der Waals surface area (Å²) in [6.45, 7) is 8.93. The van der Waals surface area contributed by atoms with Crippen LogP contribution < -0.4 is 74.6 Å². The molecule has 2 unspecified atom stereocenters. The minimum absolute atomic E-state index is 0.0489. The van der Waals surface area contributed by atoms with Gasteiger partial charge in [0.15, 0.2) is 18.2 Å². The van der Waals surface area contributed by atoms with Crippen LogP contribution in [0.5, 0.6) is 5.75 Å². The van der Waals surface area contributed by atoms with Crippen molar-refractivity contribution < 1.29 is 153 Å². The first-order valence-corrected chi connectivity index (χ1v) is 51.0. The molecule has 53 heteroatoms. The second kappa shape index (κ2) is 68.8. The van der Waals surface area contributed by atoms with Gasteiger partial charge in [0.25, 0.3) is 5.91 Å². The van der Waals surface area contributed by atoms with Crippen molar-refractivity contribution in [1.82, 2.24) is 79.0 Å². The molecule has 18 N–H and O–H groups in total. The Labute approximate surface area is 821 Å². The van der Waals surface area contributed by atoms with E-state index in [1.807, 2.05) is 12.5 Å². The molecule has 784 valence electrons. The number of benzene rings is 1. The highest BCUT2D eigenvalue weighted by Gasteiger charge is 2.46. The quantitative estimate of drug-likeness (QED) is 0.0167. The third-order valence-corrected chi connectivity index (χ3v) is 25.2. The molecule has 4 aliphatic heterocycles. The maximum atomic E-state index is 15.4. The molecular formula is C86H139N17O32S4. The van der Waals surface area contributed by atoms with Crippen LogP contribution in [-0.4, -0.2) is 426 Å². The number of fused-ring (bicyclic) bond motifs is 5. The maximum absolute atomic E-state index is 15.4. The van der Waals surface area contributed by atoms with Gasteiger partial charge in [-0.25, -0.2) is 4.79 Å². The third-order valence-electron chi connectivity index (χ3n) is 21.6. The fourth-order valence-electron chi connectivity index (χ4n) is 14.0. The summed E-state index contributed by atoms with van der Waals surface area (Å²) < 4.78 is 88.3. The Kier molecular flexibility index (Phi) is 58.6. The summed E-state index contributed by atoms with van der Waals surface area (Å²) in [5.74, 6) is -13.3. The number of carbonyl (C=O) groups excluding carboxylic acids is 14. The zero-order chi connectivity index (χ0) is 101. The van der Waals surface area contributed by atoms with Gasteiger partial charge in [0.2, 0.25) is 59.1 Å². The lowest BCUT2D eigenvalue weighted by atomic mass is 9.85. The number of aliphatic hydroxyl groups is 3. The molecule has 12 amide bonds. The zero-order valence-electron chi connectivity index (χ0n) is 79.6. The molecule has 5 heterocycles. The number of alkyl carbamates (subject to hydrolysis) is 1. The number of ketones is 2. The molecule has 6 rings (SSSR count). The maximum Gasteiger partial charge on any atom is 0.407 e. The Morgan fingerprint density at radius 3 is 1.73 bits per heavy atom. The van der Waals surface area contributed by atoms with Crippen molar-refractivity contribution in [2.45, 2.75) is 106 Å². The number of hydrazine groups is 2. The Bertz CT molecular complexity index is 4270. The van der Waals surface area contributed by atoms with Gasteiger partial charge in [-0.2, -0.15) is 35.3 Å². The number of carbonyl (C=O) groups is 14. The van der Waals surface area contributed by atoms with E-state index in [4.69, 9.17) is 72.2 Å². The number of Topliss-reactive ketones (excluding diaryl/α,β-unsaturated/α-hetero) is 2. The molecule has 2 bridgehead atoms. The Hall–Kier alpha value is -9.25. The molecule has 4 aliphatic rings. The summed E-state index contributed by atoms with van der Waals surface area (Å²) in [5.41, 5.74) is 13.9. The Morgan fingerprint density at radius 2 is 1.19 bits per heavy atom. The number of H-pyrrole nitrogens is 1. The molecule has 1 aromatic heterocycles. The fourth-order valence-corrected chi connectivity index (χ4v) is 17.4. The lowest BCUT2D eigenvalue weighted by molar-refractivity contribution is -0.144. The average molecular weight is 2050 g/mol. The van der Waals surface area contributed by atoms with Crippen molar-refractivity contribution in [1.29, 1.82) is 0 Å². The number of methoxy groups -OCH3 is 1. The number of nitrogens with one attached hydrogen (secondary N) is 13. The number of hydrogen-bond donors (Lipinski definition) is 17. The number of thioether (sulfide) groups is 3. The van der Waals surface area contributed by atoms with Gasteiger partial charge in [0.05, 0.1) is 256 Å². The normalized spacial score (nSPS) is 19.8. The van der Waals surface area contributed by atoms with Gasteiger partial charge < -0.3 is 156 Å². The van der Waals surface area contributed by atoms with E-state index in [0.29, 0.717) is 190 Å². The van der Waals surface area contributed by atoms with Crippen molar-refractivity contribution in [3.63, 3.8) is 0 Å². The second-order valence-electron chi connectivity index (χ2n) is 32.1. The van der Waals surface area contributed by atoms with Crippen molar-refractivity contribution >= 4 is 145 Å². The highest BCUT2D eigenvalue weighted by Crippen LogP contribution is 2.38. The molecule has 1 fully saturated rings. The highest BCUT2D eigenvalue weighted by atomic mass is 32.2. The molecule has 0 saturated carbocycles. The lowest BCUT2D eigenvalue weighted by Crippen LogP contribution is -2.60. The molecule has 11 atom stereocenters. The van der Waals surface area contributed by atoms with Gasteiger partial charge in [0, 0.05) is 96.8 Å².